The molecule has 0 saturated heterocycles. The molecule has 1 aliphatic heterocycles. The number of imidazole rings is 1. The van der Waals surface area contributed by atoms with E-state index in [-0.39, 0.29) is 17.5 Å². The van der Waals surface area contributed by atoms with Gasteiger partial charge in [-0.1, -0.05) is 6.92 Å². The van der Waals surface area contributed by atoms with E-state index in [2.05, 4.69) is 47.7 Å². The molecular weight excluding hydrogens is 290 g/mol. The van der Waals surface area contributed by atoms with E-state index in [1.807, 2.05) is 17.1 Å². The van der Waals surface area contributed by atoms with Crippen LogP contribution in [0, 0.1) is 0 Å². The lowest BCUT2D eigenvalue weighted by molar-refractivity contribution is 0.0926. The first kappa shape index (κ1) is 15.8. The number of carbonyl (C=O) groups is 1. The van der Waals surface area contributed by atoms with E-state index < -0.39 is 0 Å². The first-order chi connectivity index (χ1) is 10.9. The quantitative estimate of drug-likeness (QED) is 0.944. The van der Waals surface area contributed by atoms with Gasteiger partial charge in [0.25, 0.3) is 5.91 Å². The van der Waals surface area contributed by atoms with Crippen LogP contribution in [0.5, 0.6) is 0 Å². The van der Waals surface area contributed by atoms with E-state index in [0.29, 0.717) is 5.56 Å². The molecule has 2 aromatic rings. The van der Waals surface area contributed by atoms with Gasteiger partial charge in [0.1, 0.15) is 5.82 Å². The number of hydrogen-bond donors (Lipinski definition) is 1. The molecule has 6 heteroatoms. The normalized spacial score (nSPS) is 17.8. The highest BCUT2D eigenvalue weighted by atomic mass is 16.1. The molecule has 0 radical (unpaired) electrons. The summed E-state index contributed by atoms with van der Waals surface area (Å²) in [6.07, 6.45) is 8.11. The zero-order valence-electron chi connectivity index (χ0n) is 14.3. The number of nitrogens with one attached hydrogen (secondary N) is 1. The van der Waals surface area contributed by atoms with Crippen LogP contribution in [0.15, 0.2) is 18.6 Å². The minimum Gasteiger partial charge on any atom is -0.347 e. The van der Waals surface area contributed by atoms with Crippen LogP contribution in [-0.2, 0) is 24.9 Å². The molecule has 3 rings (SSSR count). The Bertz CT molecular complexity index is 707. The van der Waals surface area contributed by atoms with Gasteiger partial charge < -0.3 is 9.88 Å². The maximum atomic E-state index is 12.7. The molecule has 3 heterocycles. The number of nitrogens with zero attached hydrogens (tertiary/aromatic N) is 4. The molecule has 0 fully saturated rings. The third-order valence-electron chi connectivity index (χ3n) is 4.35. The van der Waals surface area contributed by atoms with Crippen LogP contribution in [0.1, 0.15) is 56.0 Å². The maximum Gasteiger partial charge on any atom is 0.255 e. The monoisotopic (exact) mass is 315 g/mol. The summed E-state index contributed by atoms with van der Waals surface area (Å²) < 4.78 is 4.07. The Kier molecular flexibility index (Phi) is 4.00. The first-order valence-corrected chi connectivity index (χ1v) is 8.28. The summed E-state index contributed by atoms with van der Waals surface area (Å²) in [5.41, 5.74) is 1.56. The van der Waals surface area contributed by atoms with Crippen molar-refractivity contribution >= 4 is 5.91 Å². The Labute approximate surface area is 136 Å². The Morgan fingerprint density at radius 3 is 2.91 bits per heavy atom. The molecule has 1 aliphatic rings. The van der Waals surface area contributed by atoms with E-state index in [4.69, 9.17) is 0 Å². The lowest BCUT2D eigenvalue weighted by atomic mass is 10.1. The fourth-order valence-electron chi connectivity index (χ4n) is 3.23. The molecule has 0 spiro atoms. The Morgan fingerprint density at radius 1 is 1.43 bits per heavy atom. The lowest BCUT2D eigenvalue weighted by Crippen LogP contribution is -2.41. The predicted octanol–water partition coefficient (Wildman–Crippen LogP) is 2.14. The van der Waals surface area contributed by atoms with Crippen molar-refractivity contribution in [2.75, 3.05) is 0 Å². The van der Waals surface area contributed by atoms with Gasteiger partial charge >= 0.3 is 0 Å². The number of aryl methyl sites for hydroxylation is 1. The van der Waals surface area contributed by atoms with Gasteiger partial charge in [-0.25, -0.2) is 4.98 Å². The molecular formula is C17H25N5O. The Balaban J connectivity index is 1.76. The summed E-state index contributed by atoms with van der Waals surface area (Å²) in [4.78, 5) is 17.0. The fraction of sp³-hybridized carbons (Fsp3) is 0.588. The van der Waals surface area contributed by atoms with Gasteiger partial charge in [-0.3, -0.25) is 9.48 Å². The largest absolute Gasteiger partial charge is 0.347 e. The summed E-state index contributed by atoms with van der Waals surface area (Å²) in [6.45, 7) is 9.15. The van der Waals surface area contributed by atoms with Crippen LogP contribution in [-0.4, -0.2) is 31.3 Å². The van der Waals surface area contributed by atoms with Crippen LogP contribution in [0.3, 0.4) is 0 Å². The highest BCUT2D eigenvalue weighted by molar-refractivity contribution is 5.95. The van der Waals surface area contributed by atoms with Crippen molar-refractivity contribution in [1.82, 2.24) is 24.6 Å². The topological polar surface area (TPSA) is 64.7 Å². The zero-order valence-corrected chi connectivity index (χ0v) is 14.3. The van der Waals surface area contributed by atoms with Gasteiger partial charge in [0, 0.05) is 31.4 Å². The minimum atomic E-state index is -0.125. The van der Waals surface area contributed by atoms with Crippen molar-refractivity contribution in [2.24, 2.45) is 0 Å². The molecule has 2 aromatic heterocycles. The van der Waals surface area contributed by atoms with Crippen LogP contribution < -0.4 is 5.32 Å². The molecule has 1 atom stereocenters. The highest BCUT2D eigenvalue weighted by Gasteiger charge is 2.26. The molecule has 0 bridgehead atoms. The molecule has 6 nitrogen and oxygen atoms in total. The number of carbonyl (C=O) groups excluding carboxylic acids is 1. The van der Waals surface area contributed by atoms with Crippen molar-refractivity contribution in [3.63, 3.8) is 0 Å². The van der Waals surface area contributed by atoms with Gasteiger partial charge in [0.15, 0.2) is 0 Å². The van der Waals surface area contributed by atoms with E-state index in [1.54, 1.807) is 6.20 Å². The minimum absolute atomic E-state index is 0.0223. The molecule has 23 heavy (non-hydrogen) atoms. The van der Waals surface area contributed by atoms with Crippen molar-refractivity contribution in [1.29, 1.82) is 0 Å². The number of aromatic nitrogens is 4. The van der Waals surface area contributed by atoms with E-state index in [0.717, 1.165) is 37.3 Å². The van der Waals surface area contributed by atoms with Crippen molar-refractivity contribution < 1.29 is 4.79 Å². The summed E-state index contributed by atoms with van der Waals surface area (Å²) >= 11 is 0. The van der Waals surface area contributed by atoms with Gasteiger partial charge in [-0.05, 0) is 33.6 Å². The van der Waals surface area contributed by atoms with Gasteiger partial charge in [0.2, 0.25) is 0 Å². The third-order valence-corrected chi connectivity index (χ3v) is 4.35. The van der Waals surface area contributed by atoms with Gasteiger partial charge in [-0.2, -0.15) is 5.10 Å². The maximum absolute atomic E-state index is 12.7. The van der Waals surface area contributed by atoms with Crippen molar-refractivity contribution in [2.45, 2.75) is 65.1 Å². The standard InChI is InChI=1S/C17H25N5O/c1-5-14-13(10-19-22(14)17(2,3)4)16(23)20-12-6-7-15-18-8-9-21(15)11-12/h8-10,12H,5-7,11H2,1-4H3,(H,20,23)/t12-/m1/s1. The number of fused-ring (bicyclic) bond motifs is 1. The predicted molar refractivity (Wildman–Crippen MR) is 88.4 cm³/mol. The SMILES string of the molecule is CCc1c(C(=O)N[C@@H]2CCc3nccn3C2)cnn1C(C)(C)C. The van der Waals surface area contributed by atoms with Gasteiger partial charge in [0.05, 0.1) is 23.0 Å². The van der Waals surface area contributed by atoms with E-state index in [9.17, 15) is 4.79 Å². The fourth-order valence-corrected chi connectivity index (χ4v) is 3.23. The van der Waals surface area contributed by atoms with Crippen molar-refractivity contribution in [3.05, 3.63) is 35.7 Å². The van der Waals surface area contributed by atoms with Crippen molar-refractivity contribution in [3.8, 4) is 0 Å². The van der Waals surface area contributed by atoms with Crippen LogP contribution in [0.4, 0.5) is 0 Å². The molecule has 0 aromatic carbocycles. The van der Waals surface area contributed by atoms with Crippen LogP contribution in [0.25, 0.3) is 0 Å². The average Bonchev–Trinajstić information content (AvgIpc) is 3.12. The average molecular weight is 315 g/mol. The first-order valence-electron chi connectivity index (χ1n) is 8.28. The summed E-state index contributed by atoms with van der Waals surface area (Å²) in [7, 11) is 0. The Hall–Kier alpha value is -2.11. The lowest BCUT2D eigenvalue weighted by Gasteiger charge is -2.25. The smallest absolute Gasteiger partial charge is 0.255 e. The third kappa shape index (κ3) is 3.02. The molecule has 0 aliphatic carbocycles. The second-order valence-corrected chi connectivity index (χ2v) is 7.15. The summed E-state index contributed by atoms with van der Waals surface area (Å²) in [5.74, 6) is 1.08. The molecule has 0 unspecified atom stereocenters. The summed E-state index contributed by atoms with van der Waals surface area (Å²) in [6, 6.07) is 0.145. The zero-order chi connectivity index (χ0) is 16.6. The van der Waals surface area contributed by atoms with E-state index in [1.165, 1.54) is 0 Å². The molecule has 1 amide bonds. The molecule has 0 saturated carbocycles. The molecule has 1 N–H and O–H groups in total. The Morgan fingerprint density at radius 2 is 2.22 bits per heavy atom. The van der Waals surface area contributed by atoms with Crippen LogP contribution >= 0.6 is 0 Å². The highest BCUT2D eigenvalue weighted by Crippen LogP contribution is 2.20. The second kappa shape index (κ2) is 5.83. The number of rotatable bonds is 3. The van der Waals surface area contributed by atoms with E-state index >= 15 is 0 Å². The summed E-state index contributed by atoms with van der Waals surface area (Å²) in [5, 5.41) is 7.61. The van der Waals surface area contributed by atoms with Crippen LogP contribution in [0.2, 0.25) is 0 Å². The second-order valence-electron chi connectivity index (χ2n) is 7.15. The molecule has 124 valence electrons. The van der Waals surface area contributed by atoms with Gasteiger partial charge in [-0.15, -0.1) is 0 Å². The number of hydrogen-bond acceptors (Lipinski definition) is 3. The number of amides is 1.